The number of benzene rings is 2. The number of aromatic hydroxyl groups is 1. The third kappa shape index (κ3) is 2.70. The van der Waals surface area contributed by atoms with E-state index in [9.17, 15) is 5.11 Å². The summed E-state index contributed by atoms with van der Waals surface area (Å²) in [6, 6.07) is 15.2. The zero-order valence-corrected chi connectivity index (χ0v) is 9.58. The normalized spacial score (nSPS) is 10.2. The molecule has 0 aromatic heterocycles. The van der Waals surface area contributed by atoms with Gasteiger partial charge in [-0.3, -0.25) is 0 Å². The number of nitrogen functional groups attached to an aromatic ring is 1. The van der Waals surface area contributed by atoms with Crippen LogP contribution in [0, 0.1) is 0 Å². The molecule has 82 valence electrons. The fourth-order valence-electron chi connectivity index (χ4n) is 1.40. The molecule has 3 heteroatoms. The van der Waals surface area contributed by atoms with Gasteiger partial charge in [-0.25, -0.2) is 0 Å². The van der Waals surface area contributed by atoms with Gasteiger partial charge >= 0.3 is 0 Å². The molecule has 2 rings (SSSR count). The van der Waals surface area contributed by atoms with E-state index in [1.165, 1.54) is 4.90 Å². The molecular weight excluding hydrogens is 218 g/mol. The predicted molar refractivity (Wildman–Crippen MR) is 68.5 cm³/mol. The highest BCUT2D eigenvalue weighted by Gasteiger charge is 2.02. The summed E-state index contributed by atoms with van der Waals surface area (Å²) in [5.74, 6) is 1.03. The Bertz CT molecular complexity index is 471. The van der Waals surface area contributed by atoms with Crippen LogP contribution in [0.1, 0.15) is 5.56 Å². The zero-order chi connectivity index (χ0) is 11.4. The van der Waals surface area contributed by atoms with Gasteiger partial charge in [0, 0.05) is 21.9 Å². The molecule has 0 spiro atoms. The summed E-state index contributed by atoms with van der Waals surface area (Å²) in [4.78, 5) is 1.18. The summed E-state index contributed by atoms with van der Waals surface area (Å²) in [7, 11) is 0. The highest BCUT2D eigenvalue weighted by atomic mass is 32.2. The third-order valence-corrected chi connectivity index (χ3v) is 3.30. The number of thioether (sulfide) groups is 1. The van der Waals surface area contributed by atoms with Crippen molar-refractivity contribution in [2.75, 3.05) is 5.73 Å². The first-order valence-corrected chi connectivity index (χ1v) is 5.99. The molecule has 3 N–H and O–H groups in total. The Morgan fingerprint density at radius 1 is 1.06 bits per heavy atom. The monoisotopic (exact) mass is 231 g/mol. The first-order chi connectivity index (χ1) is 7.75. The number of phenols is 1. The molecule has 0 atom stereocenters. The first kappa shape index (κ1) is 10.9. The van der Waals surface area contributed by atoms with Crippen molar-refractivity contribution in [1.82, 2.24) is 0 Å². The van der Waals surface area contributed by atoms with Crippen LogP contribution in [-0.2, 0) is 5.75 Å². The number of rotatable bonds is 3. The second-order valence-corrected chi connectivity index (χ2v) is 4.54. The third-order valence-electron chi connectivity index (χ3n) is 2.24. The molecule has 0 unspecified atom stereocenters. The van der Waals surface area contributed by atoms with Gasteiger partial charge in [0.05, 0.1) is 0 Å². The van der Waals surface area contributed by atoms with E-state index in [0.29, 0.717) is 11.4 Å². The van der Waals surface area contributed by atoms with Crippen LogP contribution in [0.15, 0.2) is 53.4 Å². The van der Waals surface area contributed by atoms with Crippen LogP contribution < -0.4 is 5.73 Å². The summed E-state index contributed by atoms with van der Waals surface area (Å²) in [6.45, 7) is 0. The maximum atomic E-state index is 9.64. The quantitative estimate of drug-likeness (QED) is 0.484. The van der Waals surface area contributed by atoms with Crippen LogP contribution in [0.5, 0.6) is 5.75 Å². The second kappa shape index (κ2) is 4.94. The molecule has 0 aliphatic rings. The largest absolute Gasteiger partial charge is 0.508 e. The maximum absolute atomic E-state index is 9.64. The van der Waals surface area contributed by atoms with Crippen molar-refractivity contribution in [1.29, 1.82) is 0 Å². The van der Waals surface area contributed by atoms with Gasteiger partial charge < -0.3 is 10.8 Å². The molecule has 0 saturated carbocycles. The molecule has 0 bridgehead atoms. The van der Waals surface area contributed by atoms with E-state index in [4.69, 9.17) is 5.73 Å². The average Bonchev–Trinajstić information content (AvgIpc) is 2.32. The fourth-order valence-corrected chi connectivity index (χ4v) is 2.30. The van der Waals surface area contributed by atoms with Gasteiger partial charge in [0.1, 0.15) is 5.75 Å². The van der Waals surface area contributed by atoms with E-state index in [1.54, 1.807) is 23.9 Å². The smallest absolute Gasteiger partial charge is 0.119 e. The predicted octanol–water partition coefficient (Wildman–Crippen LogP) is 3.27. The van der Waals surface area contributed by atoms with E-state index in [-0.39, 0.29) is 0 Å². The van der Waals surface area contributed by atoms with Crippen molar-refractivity contribution in [3.63, 3.8) is 0 Å². The van der Waals surface area contributed by atoms with Crippen molar-refractivity contribution in [2.45, 2.75) is 10.6 Å². The Morgan fingerprint density at radius 2 is 1.81 bits per heavy atom. The standard InChI is InChI=1S/C13H13NOS/c14-11-6-7-13(15)10(8-11)9-16-12-4-2-1-3-5-12/h1-8,15H,9,14H2. The molecule has 0 aliphatic carbocycles. The average molecular weight is 231 g/mol. The molecule has 0 aliphatic heterocycles. The van der Waals surface area contributed by atoms with E-state index in [0.717, 1.165) is 11.3 Å². The van der Waals surface area contributed by atoms with E-state index in [1.807, 2.05) is 36.4 Å². The summed E-state index contributed by atoms with van der Waals surface area (Å²) < 4.78 is 0. The topological polar surface area (TPSA) is 46.2 Å². The summed E-state index contributed by atoms with van der Waals surface area (Å²) in [5.41, 5.74) is 7.23. The minimum Gasteiger partial charge on any atom is -0.508 e. The van der Waals surface area contributed by atoms with E-state index >= 15 is 0 Å². The van der Waals surface area contributed by atoms with Gasteiger partial charge in [0.25, 0.3) is 0 Å². The lowest BCUT2D eigenvalue weighted by Crippen LogP contribution is -1.88. The van der Waals surface area contributed by atoms with Crippen LogP contribution in [0.25, 0.3) is 0 Å². The molecule has 0 radical (unpaired) electrons. The molecule has 2 aromatic rings. The van der Waals surface area contributed by atoms with Gasteiger partial charge in [0.15, 0.2) is 0 Å². The molecule has 0 saturated heterocycles. The Balaban J connectivity index is 2.08. The number of hydrogen-bond acceptors (Lipinski definition) is 3. The van der Waals surface area contributed by atoms with Crippen LogP contribution >= 0.6 is 11.8 Å². The van der Waals surface area contributed by atoms with Crippen LogP contribution in [0.2, 0.25) is 0 Å². The fraction of sp³-hybridized carbons (Fsp3) is 0.0769. The Labute approximate surface area is 99.1 Å². The molecule has 0 fully saturated rings. The zero-order valence-electron chi connectivity index (χ0n) is 8.76. The van der Waals surface area contributed by atoms with E-state index < -0.39 is 0 Å². The van der Waals surface area contributed by atoms with Crippen LogP contribution in [0.3, 0.4) is 0 Å². The summed E-state index contributed by atoms with van der Waals surface area (Å²) in [5, 5.41) is 9.64. The summed E-state index contributed by atoms with van der Waals surface area (Å²) >= 11 is 1.68. The molecule has 2 aromatic carbocycles. The van der Waals surface area contributed by atoms with Gasteiger partial charge in [-0.2, -0.15) is 0 Å². The highest BCUT2D eigenvalue weighted by Crippen LogP contribution is 2.28. The lowest BCUT2D eigenvalue weighted by molar-refractivity contribution is 0.471. The number of nitrogens with two attached hydrogens (primary N) is 1. The van der Waals surface area contributed by atoms with Crippen LogP contribution in [-0.4, -0.2) is 5.11 Å². The number of hydrogen-bond donors (Lipinski definition) is 2. The molecule has 16 heavy (non-hydrogen) atoms. The van der Waals surface area contributed by atoms with Gasteiger partial charge in [-0.1, -0.05) is 18.2 Å². The van der Waals surface area contributed by atoms with Crippen LogP contribution in [0.4, 0.5) is 5.69 Å². The molecular formula is C13H13NOS. The van der Waals surface area contributed by atoms with Crippen molar-refractivity contribution < 1.29 is 5.11 Å². The van der Waals surface area contributed by atoms with Gasteiger partial charge in [-0.15, -0.1) is 11.8 Å². The molecule has 2 nitrogen and oxygen atoms in total. The molecule has 0 heterocycles. The first-order valence-electron chi connectivity index (χ1n) is 5.01. The van der Waals surface area contributed by atoms with E-state index in [2.05, 4.69) is 0 Å². The SMILES string of the molecule is Nc1ccc(O)c(CSc2ccccc2)c1. The van der Waals surface area contributed by atoms with Crippen molar-refractivity contribution in [3.05, 3.63) is 54.1 Å². The lowest BCUT2D eigenvalue weighted by atomic mass is 10.2. The Hall–Kier alpha value is -1.61. The second-order valence-electron chi connectivity index (χ2n) is 3.49. The summed E-state index contributed by atoms with van der Waals surface area (Å²) in [6.07, 6.45) is 0. The van der Waals surface area contributed by atoms with Crippen molar-refractivity contribution in [2.24, 2.45) is 0 Å². The molecule has 0 amide bonds. The number of anilines is 1. The van der Waals surface area contributed by atoms with Crippen molar-refractivity contribution >= 4 is 17.4 Å². The maximum Gasteiger partial charge on any atom is 0.119 e. The number of phenolic OH excluding ortho intramolecular Hbond substituents is 1. The van der Waals surface area contributed by atoms with Crippen molar-refractivity contribution in [3.8, 4) is 5.75 Å². The Morgan fingerprint density at radius 3 is 2.56 bits per heavy atom. The van der Waals surface area contributed by atoms with Gasteiger partial charge in [-0.05, 0) is 30.3 Å². The lowest BCUT2D eigenvalue weighted by Gasteiger charge is -2.05. The highest BCUT2D eigenvalue weighted by molar-refractivity contribution is 7.98. The minimum absolute atomic E-state index is 0.303. The Kier molecular flexibility index (Phi) is 3.37. The van der Waals surface area contributed by atoms with Gasteiger partial charge in [0.2, 0.25) is 0 Å². The minimum atomic E-state index is 0.303.